The number of nitrogens with two attached hydrogens (primary N) is 1. The van der Waals surface area contributed by atoms with Gasteiger partial charge in [-0.1, -0.05) is 19.4 Å². The van der Waals surface area contributed by atoms with Crippen LogP contribution in [0.2, 0.25) is 0 Å². The van der Waals surface area contributed by atoms with Gasteiger partial charge in [0.2, 0.25) is 5.91 Å². The predicted molar refractivity (Wildman–Crippen MR) is 97.5 cm³/mol. The Labute approximate surface area is 142 Å². The summed E-state index contributed by atoms with van der Waals surface area (Å²) >= 11 is 1.55. The molecule has 0 saturated heterocycles. The Hall–Kier alpha value is -1.95. The molecule has 0 radical (unpaired) electrons. The van der Waals surface area contributed by atoms with E-state index in [9.17, 15) is 9.59 Å². The number of hydrogen-bond donors (Lipinski definition) is 3. The van der Waals surface area contributed by atoms with Crippen LogP contribution in [0, 0.1) is 0 Å². The van der Waals surface area contributed by atoms with Gasteiger partial charge in [0.15, 0.2) is 0 Å². The molecule has 6 heteroatoms. The summed E-state index contributed by atoms with van der Waals surface area (Å²) in [7, 11) is 0. The smallest absolute Gasteiger partial charge is 0.251 e. The zero-order valence-electron chi connectivity index (χ0n) is 13.5. The fraction of sp³-hybridized carbons (Fsp3) is 0.412. The first-order chi connectivity index (χ1) is 11.1. The van der Waals surface area contributed by atoms with Crippen molar-refractivity contribution in [3.05, 3.63) is 42.5 Å². The molecule has 0 heterocycles. The Bertz CT molecular complexity index is 517. The van der Waals surface area contributed by atoms with E-state index in [1.165, 1.54) is 0 Å². The highest BCUT2D eigenvalue weighted by atomic mass is 32.2. The van der Waals surface area contributed by atoms with Crippen molar-refractivity contribution in [2.24, 2.45) is 0 Å². The second kappa shape index (κ2) is 10.7. The van der Waals surface area contributed by atoms with E-state index in [2.05, 4.69) is 24.1 Å². The van der Waals surface area contributed by atoms with Crippen LogP contribution >= 0.6 is 11.8 Å². The van der Waals surface area contributed by atoms with Crippen LogP contribution in [0.5, 0.6) is 0 Å². The fourth-order valence-corrected chi connectivity index (χ4v) is 2.61. The zero-order valence-corrected chi connectivity index (χ0v) is 14.3. The van der Waals surface area contributed by atoms with Gasteiger partial charge in [-0.3, -0.25) is 9.59 Å². The molecule has 0 saturated carbocycles. The van der Waals surface area contributed by atoms with Crippen LogP contribution < -0.4 is 16.4 Å². The van der Waals surface area contributed by atoms with E-state index in [0.717, 1.165) is 18.6 Å². The van der Waals surface area contributed by atoms with Crippen LogP contribution in [0.3, 0.4) is 0 Å². The number of nitrogens with one attached hydrogen (secondary N) is 2. The number of nitrogen functional groups attached to an aromatic ring is 1. The Balaban J connectivity index is 2.66. The number of carbonyl (C=O) groups is 2. The maximum atomic E-state index is 12.3. The molecule has 1 aromatic rings. The van der Waals surface area contributed by atoms with Crippen molar-refractivity contribution in [1.29, 1.82) is 0 Å². The average Bonchev–Trinajstić information content (AvgIpc) is 2.54. The van der Waals surface area contributed by atoms with Gasteiger partial charge in [0.25, 0.3) is 5.91 Å². The molecule has 2 amide bonds. The van der Waals surface area contributed by atoms with Crippen LogP contribution in [0.1, 0.15) is 30.1 Å². The van der Waals surface area contributed by atoms with Crippen molar-refractivity contribution >= 4 is 29.3 Å². The van der Waals surface area contributed by atoms with Crippen LogP contribution in [0.25, 0.3) is 0 Å². The molecule has 1 rings (SSSR count). The van der Waals surface area contributed by atoms with Gasteiger partial charge >= 0.3 is 0 Å². The quantitative estimate of drug-likeness (QED) is 0.348. The monoisotopic (exact) mass is 335 g/mol. The molecule has 0 bridgehead atoms. The minimum absolute atomic E-state index is 0.154. The molecular weight excluding hydrogens is 310 g/mol. The van der Waals surface area contributed by atoms with E-state index in [-0.39, 0.29) is 11.8 Å². The van der Waals surface area contributed by atoms with Crippen molar-refractivity contribution in [3.8, 4) is 0 Å². The molecule has 0 spiro atoms. The summed E-state index contributed by atoms with van der Waals surface area (Å²) in [6.45, 7) is 6.34. The van der Waals surface area contributed by atoms with Gasteiger partial charge in [-0.05, 0) is 30.7 Å². The zero-order chi connectivity index (χ0) is 17.1. The normalized spacial score (nSPS) is 11.5. The molecule has 0 fully saturated rings. The van der Waals surface area contributed by atoms with Gasteiger partial charge in [-0.2, -0.15) is 11.8 Å². The van der Waals surface area contributed by atoms with E-state index in [0.29, 0.717) is 23.5 Å². The number of benzene rings is 1. The van der Waals surface area contributed by atoms with Crippen LogP contribution in [0.15, 0.2) is 36.9 Å². The minimum atomic E-state index is -0.568. The van der Waals surface area contributed by atoms with Crippen LogP contribution in [-0.2, 0) is 4.79 Å². The summed E-state index contributed by atoms with van der Waals surface area (Å²) in [5.41, 5.74) is 6.70. The fourth-order valence-electron chi connectivity index (χ4n) is 1.84. The first-order valence-electron chi connectivity index (χ1n) is 7.71. The van der Waals surface area contributed by atoms with Crippen molar-refractivity contribution in [3.63, 3.8) is 0 Å². The topological polar surface area (TPSA) is 84.2 Å². The molecule has 1 atom stereocenters. The number of hydrogen-bond acceptors (Lipinski definition) is 4. The lowest BCUT2D eigenvalue weighted by Gasteiger charge is -2.18. The van der Waals surface area contributed by atoms with Gasteiger partial charge in [0.05, 0.1) is 0 Å². The summed E-state index contributed by atoms with van der Waals surface area (Å²) in [4.78, 5) is 24.5. The largest absolute Gasteiger partial charge is 0.399 e. The van der Waals surface area contributed by atoms with E-state index < -0.39 is 6.04 Å². The highest BCUT2D eigenvalue weighted by molar-refractivity contribution is 7.99. The second-order valence-electron chi connectivity index (χ2n) is 5.12. The van der Waals surface area contributed by atoms with Crippen molar-refractivity contribution in [2.75, 3.05) is 23.8 Å². The van der Waals surface area contributed by atoms with Gasteiger partial charge < -0.3 is 16.4 Å². The van der Waals surface area contributed by atoms with Gasteiger partial charge in [0.1, 0.15) is 6.04 Å². The van der Waals surface area contributed by atoms with Gasteiger partial charge in [0, 0.05) is 29.3 Å². The summed E-state index contributed by atoms with van der Waals surface area (Å²) < 4.78 is 0. The standard InChI is InChI=1S/C17H25N3O2S/c1-3-5-10-19-17(22)15(12-23-11-4-2)20-16(21)13-6-8-14(18)9-7-13/h4,6-9,15H,2-3,5,10-12,18H2,1H3,(H,19,22)(H,20,21). The first kappa shape index (κ1) is 19.1. The molecule has 23 heavy (non-hydrogen) atoms. The summed E-state index contributed by atoms with van der Waals surface area (Å²) in [5.74, 6) is 0.805. The number of rotatable bonds is 10. The Morgan fingerprint density at radius 3 is 2.65 bits per heavy atom. The lowest BCUT2D eigenvalue weighted by atomic mass is 10.2. The number of amides is 2. The summed E-state index contributed by atoms with van der Waals surface area (Å²) in [5, 5.41) is 5.66. The van der Waals surface area contributed by atoms with Gasteiger partial charge in [-0.15, -0.1) is 6.58 Å². The number of carbonyl (C=O) groups excluding carboxylic acids is 2. The third kappa shape index (κ3) is 7.23. The molecule has 0 aliphatic carbocycles. The molecule has 0 aromatic heterocycles. The molecule has 1 unspecified atom stereocenters. The van der Waals surface area contributed by atoms with Crippen molar-refractivity contribution in [1.82, 2.24) is 10.6 Å². The first-order valence-corrected chi connectivity index (χ1v) is 8.86. The average molecular weight is 335 g/mol. The molecule has 126 valence electrons. The number of anilines is 1. The third-order valence-electron chi connectivity index (χ3n) is 3.14. The Morgan fingerprint density at radius 2 is 2.04 bits per heavy atom. The minimum Gasteiger partial charge on any atom is -0.399 e. The number of unbranched alkanes of at least 4 members (excludes halogenated alkanes) is 1. The lowest BCUT2D eigenvalue weighted by Crippen LogP contribution is -2.48. The third-order valence-corrected chi connectivity index (χ3v) is 4.18. The Kier molecular flexibility index (Phi) is 8.90. The molecule has 4 N–H and O–H groups in total. The van der Waals surface area contributed by atoms with Crippen molar-refractivity contribution in [2.45, 2.75) is 25.8 Å². The van der Waals surface area contributed by atoms with Crippen molar-refractivity contribution < 1.29 is 9.59 Å². The predicted octanol–water partition coefficient (Wildman–Crippen LogP) is 2.20. The van der Waals surface area contributed by atoms with E-state index >= 15 is 0 Å². The maximum Gasteiger partial charge on any atom is 0.251 e. The molecule has 1 aromatic carbocycles. The molecule has 0 aliphatic heterocycles. The highest BCUT2D eigenvalue weighted by Crippen LogP contribution is 2.08. The molecule has 0 aliphatic rings. The Morgan fingerprint density at radius 1 is 1.35 bits per heavy atom. The van der Waals surface area contributed by atoms with E-state index in [1.807, 2.05) is 0 Å². The van der Waals surface area contributed by atoms with E-state index in [1.54, 1.807) is 42.1 Å². The van der Waals surface area contributed by atoms with Crippen LogP contribution in [0.4, 0.5) is 5.69 Å². The second-order valence-corrected chi connectivity index (χ2v) is 6.19. The summed E-state index contributed by atoms with van der Waals surface area (Å²) in [6.07, 6.45) is 3.70. The maximum absolute atomic E-state index is 12.3. The van der Waals surface area contributed by atoms with E-state index in [4.69, 9.17) is 5.73 Å². The SMILES string of the molecule is C=CCSCC(NC(=O)c1ccc(N)cc1)C(=O)NCCCC. The highest BCUT2D eigenvalue weighted by Gasteiger charge is 2.20. The molecule has 5 nitrogen and oxygen atoms in total. The van der Waals surface area contributed by atoms with Crippen LogP contribution in [-0.4, -0.2) is 35.9 Å². The van der Waals surface area contributed by atoms with Gasteiger partial charge in [-0.25, -0.2) is 0 Å². The molecular formula is C17H25N3O2S. The summed E-state index contributed by atoms with van der Waals surface area (Å²) in [6, 6.07) is 6.05. The lowest BCUT2D eigenvalue weighted by molar-refractivity contribution is -0.122. The number of thioether (sulfide) groups is 1.